The average molecular weight is 315 g/mol. The van der Waals surface area contributed by atoms with E-state index in [1.165, 1.54) is 23.4 Å². The van der Waals surface area contributed by atoms with E-state index in [-0.39, 0.29) is 16.7 Å². The molecule has 0 radical (unpaired) electrons. The molecule has 0 aliphatic rings. The number of carbonyl (C=O) groups is 1. The number of hydrogen-bond acceptors (Lipinski definition) is 6. The quantitative estimate of drug-likeness (QED) is 0.733. The topological polar surface area (TPSA) is 120 Å². The number of carbonyl (C=O) groups excluding carboxylic acids is 1. The van der Waals surface area contributed by atoms with Crippen molar-refractivity contribution in [1.29, 1.82) is 0 Å². The molecule has 0 bridgehead atoms. The summed E-state index contributed by atoms with van der Waals surface area (Å²) in [4.78, 5) is 16.1. The highest BCUT2D eigenvalue weighted by Crippen LogP contribution is 2.20. The van der Waals surface area contributed by atoms with E-state index in [0.29, 0.717) is 13.0 Å². The van der Waals surface area contributed by atoms with Crippen molar-refractivity contribution < 1.29 is 13.2 Å². The van der Waals surface area contributed by atoms with E-state index >= 15 is 0 Å². The monoisotopic (exact) mass is 315 g/mol. The van der Waals surface area contributed by atoms with Crippen LogP contribution in [0, 0.1) is 0 Å². The van der Waals surface area contributed by atoms with Gasteiger partial charge < -0.3 is 5.32 Å². The summed E-state index contributed by atoms with van der Waals surface area (Å²) in [5.74, 6) is -0.182. The van der Waals surface area contributed by atoms with Crippen LogP contribution >= 0.6 is 11.3 Å². The van der Waals surface area contributed by atoms with Crippen molar-refractivity contribution in [3.05, 3.63) is 29.7 Å². The third-order valence-electron chi connectivity index (χ3n) is 2.38. The third kappa shape index (κ3) is 4.11. The van der Waals surface area contributed by atoms with Gasteiger partial charge in [0.1, 0.15) is 23.4 Å². The molecule has 20 heavy (non-hydrogen) atoms. The van der Waals surface area contributed by atoms with Gasteiger partial charge in [-0.25, -0.2) is 23.2 Å². The van der Waals surface area contributed by atoms with Gasteiger partial charge in [-0.05, 0) is 18.6 Å². The molecule has 8 nitrogen and oxygen atoms in total. The molecule has 2 aromatic rings. The number of sulfonamides is 1. The molecule has 0 unspecified atom stereocenters. The smallest absolute Gasteiger partial charge is 0.247 e. The van der Waals surface area contributed by atoms with Crippen molar-refractivity contribution in [3.63, 3.8) is 0 Å². The molecule has 0 atom stereocenters. The van der Waals surface area contributed by atoms with E-state index < -0.39 is 10.0 Å². The highest BCUT2D eigenvalue weighted by Gasteiger charge is 2.11. The van der Waals surface area contributed by atoms with Crippen LogP contribution in [0.1, 0.15) is 4.88 Å². The predicted octanol–water partition coefficient (Wildman–Crippen LogP) is -0.654. The first-order valence-electron chi connectivity index (χ1n) is 5.66. The van der Waals surface area contributed by atoms with Gasteiger partial charge in [-0.2, -0.15) is 5.10 Å². The van der Waals surface area contributed by atoms with Gasteiger partial charge in [-0.1, -0.05) is 0 Å². The number of thiophene rings is 1. The Hall–Kier alpha value is -1.78. The zero-order valence-corrected chi connectivity index (χ0v) is 12.0. The van der Waals surface area contributed by atoms with Gasteiger partial charge in [-0.15, -0.1) is 11.3 Å². The third-order valence-corrected chi connectivity index (χ3v) is 4.97. The average Bonchev–Trinajstić information content (AvgIpc) is 2.98. The van der Waals surface area contributed by atoms with Gasteiger partial charge in [0.25, 0.3) is 0 Å². The fraction of sp³-hybridized carbons (Fsp3) is 0.300. The first kappa shape index (κ1) is 14.6. The van der Waals surface area contributed by atoms with E-state index in [9.17, 15) is 13.2 Å². The van der Waals surface area contributed by atoms with Crippen LogP contribution < -0.4 is 10.5 Å². The Kier molecular flexibility index (Phi) is 4.47. The molecule has 0 fully saturated rings. The van der Waals surface area contributed by atoms with Gasteiger partial charge in [0.2, 0.25) is 15.9 Å². The molecule has 3 N–H and O–H groups in total. The second-order valence-corrected chi connectivity index (χ2v) is 6.92. The Labute approximate surface area is 119 Å². The summed E-state index contributed by atoms with van der Waals surface area (Å²) < 4.78 is 23.8. The molecule has 2 heterocycles. The number of rotatable bonds is 6. The molecule has 2 rings (SSSR count). The van der Waals surface area contributed by atoms with Crippen molar-refractivity contribution in [2.24, 2.45) is 5.14 Å². The molecule has 2 aromatic heterocycles. The van der Waals surface area contributed by atoms with Crippen LogP contribution in [0.3, 0.4) is 0 Å². The minimum atomic E-state index is -3.65. The lowest BCUT2D eigenvalue weighted by Crippen LogP contribution is -2.29. The summed E-state index contributed by atoms with van der Waals surface area (Å²) in [5, 5.41) is 11.6. The maximum atomic E-state index is 11.6. The molecular weight excluding hydrogens is 302 g/mol. The van der Waals surface area contributed by atoms with Gasteiger partial charge in [0.05, 0.1) is 0 Å². The SMILES string of the molecule is NS(=O)(=O)c1ccc(CCNC(=O)Cn2cncn2)s1. The molecule has 10 heteroatoms. The molecule has 0 saturated heterocycles. The second kappa shape index (κ2) is 6.11. The Balaban J connectivity index is 1.78. The normalized spacial score (nSPS) is 11.4. The van der Waals surface area contributed by atoms with E-state index in [1.54, 1.807) is 6.07 Å². The molecule has 108 valence electrons. The van der Waals surface area contributed by atoms with E-state index in [0.717, 1.165) is 16.2 Å². The van der Waals surface area contributed by atoms with Gasteiger partial charge in [0, 0.05) is 11.4 Å². The van der Waals surface area contributed by atoms with Crippen LogP contribution in [-0.4, -0.2) is 35.6 Å². The van der Waals surface area contributed by atoms with Crippen molar-refractivity contribution in [1.82, 2.24) is 20.1 Å². The summed E-state index contributed by atoms with van der Waals surface area (Å²) in [6.07, 6.45) is 3.36. The summed E-state index contributed by atoms with van der Waals surface area (Å²) in [6.45, 7) is 0.519. The van der Waals surface area contributed by atoms with Gasteiger partial charge in [-0.3, -0.25) is 4.79 Å². The van der Waals surface area contributed by atoms with Crippen LogP contribution in [0.25, 0.3) is 0 Å². The van der Waals surface area contributed by atoms with Crippen LogP contribution in [0.2, 0.25) is 0 Å². The fourth-order valence-corrected chi connectivity index (χ4v) is 3.27. The minimum Gasteiger partial charge on any atom is -0.354 e. The first-order valence-corrected chi connectivity index (χ1v) is 8.02. The van der Waals surface area contributed by atoms with Crippen molar-refractivity contribution in [2.45, 2.75) is 17.2 Å². The highest BCUT2D eigenvalue weighted by molar-refractivity contribution is 7.91. The summed E-state index contributed by atoms with van der Waals surface area (Å²) in [7, 11) is -3.65. The molecule has 0 saturated carbocycles. The number of nitrogens with two attached hydrogens (primary N) is 1. The van der Waals surface area contributed by atoms with Gasteiger partial charge >= 0.3 is 0 Å². The maximum absolute atomic E-state index is 11.6. The number of nitrogens with zero attached hydrogens (tertiary/aromatic N) is 3. The Morgan fingerprint density at radius 3 is 2.85 bits per heavy atom. The molecule has 0 aliphatic heterocycles. The van der Waals surface area contributed by atoms with E-state index in [4.69, 9.17) is 5.14 Å². The number of nitrogens with one attached hydrogen (secondary N) is 1. The van der Waals surface area contributed by atoms with E-state index in [2.05, 4.69) is 15.4 Å². The summed E-state index contributed by atoms with van der Waals surface area (Å²) >= 11 is 1.11. The Bertz CT molecular complexity index is 678. The van der Waals surface area contributed by atoms with Crippen LogP contribution in [-0.2, 0) is 27.8 Å². The largest absolute Gasteiger partial charge is 0.354 e. The molecule has 0 aromatic carbocycles. The maximum Gasteiger partial charge on any atom is 0.247 e. The summed E-state index contributed by atoms with van der Waals surface area (Å²) in [6, 6.07) is 3.15. The Morgan fingerprint density at radius 1 is 1.45 bits per heavy atom. The van der Waals surface area contributed by atoms with Crippen LogP contribution in [0.4, 0.5) is 0 Å². The summed E-state index contributed by atoms with van der Waals surface area (Å²) in [5.41, 5.74) is 0. The van der Waals surface area contributed by atoms with Crippen molar-refractivity contribution >= 4 is 27.3 Å². The van der Waals surface area contributed by atoms with Crippen LogP contribution in [0.15, 0.2) is 29.0 Å². The lowest BCUT2D eigenvalue weighted by Gasteiger charge is -2.03. The number of primary sulfonamides is 1. The molecule has 0 aliphatic carbocycles. The highest BCUT2D eigenvalue weighted by atomic mass is 32.2. The standard InChI is InChI=1S/C10H13N5O3S2/c11-20(17,18)10-2-1-8(19-10)3-4-13-9(16)5-15-7-12-6-14-15/h1-2,6-7H,3-5H2,(H,13,16)(H2,11,17,18). The lowest BCUT2D eigenvalue weighted by molar-refractivity contribution is -0.121. The predicted molar refractivity (Wildman–Crippen MR) is 72.4 cm³/mol. The number of hydrogen-bond donors (Lipinski definition) is 2. The molecule has 0 spiro atoms. The Morgan fingerprint density at radius 2 is 2.25 bits per heavy atom. The molecule has 1 amide bonds. The minimum absolute atomic E-state index is 0.104. The van der Waals surface area contributed by atoms with Crippen LogP contribution in [0.5, 0.6) is 0 Å². The number of aromatic nitrogens is 3. The number of amides is 1. The zero-order chi connectivity index (χ0) is 14.6. The first-order chi connectivity index (χ1) is 9.45. The van der Waals surface area contributed by atoms with Gasteiger partial charge in [0.15, 0.2) is 0 Å². The fourth-order valence-electron chi connectivity index (χ4n) is 1.49. The van der Waals surface area contributed by atoms with Crippen molar-refractivity contribution in [2.75, 3.05) is 6.54 Å². The molecular formula is C10H13N5O3S2. The van der Waals surface area contributed by atoms with E-state index in [1.807, 2.05) is 0 Å². The zero-order valence-electron chi connectivity index (χ0n) is 10.4. The van der Waals surface area contributed by atoms with Crippen molar-refractivity contribution in [3.8, 4) is 0 Å². The second-order valence-electron chi connectivity index (χ2n) is 3.96. The lowest BCUT2D eigenvalue weighted by atomic mass is 10.3.